The second kappa shape index (κ2) is 3.58. The summed E-state index contributed by atoms with van der Waals surface area (Å²) in [5.74, 6) is 0.515. The number of nitrogens with zero attached hydrogens (tertiary/aromatic N) is 1. The summed E-state index contributed by atoms with van der Waals surface area (Å²) < 4.78 is 0. The molecule has 0 amide bonds. The third-order valence-electron chi connectivity index (χ3n) is 2.35. The minimum atomic E-state index is 0.515. The molecule has 0 bridgehead atoms. The van der Waals surface area contributed by atoms with Gasteiger partial charge in [-0.25, -0.2) is 4.98 Å². The van der Waals surface area contributed by atoms with E-state index in [1.54, 1.807) is 0 Å². The fourth-order valence-corrected chi connectivity index (χ4v) is 1.81. The van der Waals surface area contributed by atoms with Crippen LogP contribution >= 0.6 is 11.6 Å². The lowest BCUT2D eigenvalue weighted by molar-refractivity contribution is 0.876. The number of aromatic nitrogens is 1. The van der Waals surface area contributed by atoms with Crippen molar-refractivity contribution in [2.75, 3.05) is 0 Å². The Hall–Kier alpha value is -1.08. The fourth-order valence-electron chi connectivity index (χ4n) is 1.66. The van der Waals surface area contributed by atoms with Gasteiger partial charge in [-0.15, -0.1) is 0 Å². The maximum Gasteiger partial charge on any atom is 0.129 e. The van der Waals surface area contributed by atoms with Gasteiger partial charge in [0.2, 0.25) is 0 Å². The molecule has 0 unspecified atom stereocenters. The van der Waals surface area contributed by atoms with Gasteiger partial charge in [0.1, 0.15) is 5.15 Å². The minimum absolute atomic E-state index is 0.515. The quantitative estimate of drug-likeness (QED) is 0.641. The lowest BCUT2D eigenvalue weighted by atomic mass is 9.98. The molecular weight excluding hydrogens is 194 g/mol. The molecule has 0 fully saturated rings. The summed E-state index contributed by atoms with van der Waals surface area (Å²) in [7, 11) is 0. The minimum Gasteiger partial charge on any atom is -0.236 e. The van der Waals surface area contributed by atoms with Gasteiger partial charge in [0.25, 0.3) is 0 Å². The van der Waals surface area contributed by atoms with Gasteiger partial charge in [-0.3, -0.25) is 0 Å². The molecule has 1 aromatic heterocycles. The smallest absolute Gasteiger partial charge is 0.129 e. The van der Waals surface area contributed by atoms with E-state index in [1.165, 1.54) is 10.9 Å². The molecule has 72 valence electrons. The normalized spacial score (nSPS) is 11.1. The largest absolute Gasteiger partial charge is 0.236 e. The summed E-state index contributed by atoms with van der Waals surface area (Å²) in [5, 5.41) is 1.75. The Balaban J connectivity index is 2.75. The number of halogens is 1. The Morgan fingerprint density at radius 3 is 2.64 bits per heavy atom. The summed E-state index contributed by atoms with van der Waals surface area (Å²) in [6.45, 7) is 4.37. The Bertz CT molecular complexity index is 463. The van der Waals surface area contributed by atoms with Crippen LogP contribution < -0.4 is 0 Å². The molecule has 0 N–H and O–H groups in total. The molecule has 14 heavy (non-hydrogen) atoms. The molecule has 0 saturated heterocycles. The van der Waals surface area contributed by atoms with E-state index in [0.717, 1.165) is 5.52 Å². The van der Waals surface area contributed by atoms with E-state index in [2.05, 4.69) is 24.9 Å². The Kier molecular flexibility index (Phi) is 2.42. The average Bonchev–Trinajstić information content (AvgIpc) is 2.16. The number of fused-ring (bicyclic) bond motifs is 1. The van der Waals surface area contributed by atoms with Crippen LogP contribution in [0, 0.1) is 0 Å². The first-order valence-electron chi connectivity index (χ1n) is 4.73. The number of benzene rings is 1. The van der Waals surface area contributed by atoms with Crippen LogP contribution in [-0.4, -0.2) is 4.98 Å². The predicted molar refractivity (Wildman–Crippen MR) is 60.8 cm³/mol. The van der Waals surface area contributed by atoms with Gasteiger partial charge < -0.3 is 0 Å². The highest BCUT2D eigenvalue weighted by Crippen LogP contribution is 2.25. The highest BCUT2D eigenvalue weighted by Gasteiger charge is 2.05. The molecular formula is C12H12ClN. The molecule has 2 aromatic rings. The van der Waals surface area contributed by atoms with Crippen molar-refractivity contribution in [1.82, 2.24) is 4.98 Å². The molecule has 0 atom stereocenters. The molecule has 0 aliphatic heterocycles. The highest BCUT2D eigenvalue weighted by atomic mass is 35.5. The standard InChI is InChI=1S/C12H12ClN/c1-8(2)9-4-3-5-11-10(9)6-7-12(13)14-11/h3-8H,1-2H3. The number of hydrogen-bond acceptors (Lipinski definition) is 1. The van der Waals surface area contributed by atoms with Gasteiger partial charge in [0, 0.05) is 5.39 Å². The highest BCUT2D eigenvalue weighted by molar-refractivity contribution is 6.29. The molecule has 1 aromatic carbocycles. The summed E-state index contributed by atoms with van der Waals surface area (Å²) in [4.78, 5) is 4.28. The second-order valence-corrected chi connectivity index (χ2v) is 4.09. The van der Waals surface area contributed by atoms with Crippen LogP contribution in [0.5, 0.6) is 0 Å². The zero-order valence-corrected chi connectivity index (χ0v) is 9.05. The Morgan fingerprint density at radius 1 is 1.14 bits per heavy atom. The van der Waals surface area contributed by atoms with Gasteiger partial charge in [-0.05, 0) is 29.7 Å². The van der Waals surface area contributed by atoms with Crippen LogP contribution in [0.2, 0.25) is 5.15 Å². The maximum absolute atomic E-state index is 5.84. The van der Waals surface area contributed by atoms with E-state index in [1.807, 2.05) is 24.3 Å². The van der Waals surface area contributed by atoms with Crippen molar-refractivity contribution >= 4 is 22.5 Å². The number of hydrogen-bond donors (Lipinski definition) is 0. The molecule has 0 aliphatic carbocycles. The van der Waals surface area contributed by atoms with Crippen molar-refractivity contribution in [2.45, 2.75) is 19.8 Å². The van der Waals surface area contributed by atoms with Gasteiger partial charge in [-0.2, -0.15) is 0 Å². The summed E-state index contributed by atoms with van der Waals surface area (Å²) in [6.07, 6.45) is 0. The lowest BCUT2D eigenvalue weighted by Crippen LogP contribution is -1.90. The maximum atomic E-state index is 5.84. The fraction of sp³-hybridized carbons (Fsp3) is 0.250. The zero-order chi connectivity index (χ0) is 10.1. The van der Waals surface area contributed by atoms with Crippen LogP contribution in [0.25, 0.3) is 10.9 Å². The van der Waals surface area contributed by atoms with E-state index in [-0.39, 0.29) is 0 Å². The van der Waals surface area contributed by atoms with Crippen molar-refractivity contribution in [1.29, 1.82) is 0 Å². The molecule has 0 spiro atoms. The van der Waals surface area contributed by atoms with Gasteiger partial charge in [-0.1, -0.05) is 37.6 Å². The number of rotatable bonds is 1. The summed E-state index contributed by atoms with van der Waals surface area (Å²) >= 11 is 5.84. The third kappa shape index (κ3) is 1.60. The monoisotopic (exact) mass is 205 g/mol. The third-order valence-corrected chi connectivity index (χ3v) is 2.56. The van der Waals surface area contributed by atoms with E-state index >= 15 is 0 Å². The SMILES string of the molecule is CC(C)c1cccc2nc(Cl)ccc12. The lowest BCUT2D eigenvalue weighted by Gasteiger charge is -2.08. The molecule has 0 saturated carbocycles. The van der Waals surface area contributed by atoms with E-state index in [9.17, 15) is 0 Å². The van der Waals surface area contributed by atoms with Crippen LogP contribution in [0.4, 0.5) is 0 Å². The molecule has 1 heterocycles. The summed E-state index contributed by atoms with van der Waals surface area (Å²) in [5.41, 5.74) is 2.30. The van der Waals surface area contributed by atoms with Crippen molar-refractivity contribution in [3.8, 4) is 0 Å². The zero-order valence-electron chi connectivity index (χ0n) is 8.29. The van der Waals surface area contributed by atoms with Crippen molar-refractivity contribution in [3.63, 3.8) is 0 Å². The van der Waals surface area contributed by atoms with Crippen LogP contribution in [-0.2, 0) is 0 Å². The first-order valence-corrected chi connectivity index (χ1v) is 5.11. The molecule has 0 radical (unpaired) electrons. The molecule has 0 aliphatic rings. The first-order chi connectivity index (χ1) is 6.68. The molecule has 1 nitrogen and oxygen atoms in total. The van der Waals surface area contributed by atoms with E-state index in [4.69, 9.17) is 11.6 Å². The summed E-state index contributed by atoms with van der Waals surface area (Å²) in [6, 6.07) is 10.0. The average molecular weight is 206 g/mol. The predicted octanol–water partition coefficient (Wildman–Crippen LogP) is 4.01. The first kappa shape index (κ1) is 9.47. The van der Waals surface area contributed by atoms with Crippen LogP contribution in [0.3, 0.4) is 0 Å². The van der Waals surface area contributed by atoms with E-state index < -0.39 is 0 Å². The molecule has 2 heteroatoms. The van der Waals surface area contributed by atoms with Crippen LogP contribution in [0.1, 0.15) is 25.3 Å². The van der Waals surface area contributed by atoms with Gasteiger partial charge in [0.05, 0.1) is 5.52 Å². The van der Waals surface area contributed by atoms with Crippen molar-refractivity contribution in [2.24, 2.45) is 0 Å². The van der Waals surface area contributed by atoms with Gasteiger partial charge >= 0.3 is 0 Å². The Labute approximate surface area is 88.7 Å². The topological polar surface area (TPSA) is 12.9 Å². The Morgan fingerprint density at radius 2 is 1.93 bits per heavy atom. The molecule has 2 rings (SSSR count). The number of pyridine rings is 1. The second-order valence-electron chi connectivity index (χ2n) is 3.70. The van der Waals surface area contributed by atoms with Crippen molar-refractivity contribution in [3.05, 3.63) is 41.0 Å². The van der Waals surface area contributed by atoms with E-state index in [0.29, 0.717) is 11.1 Å². The van der Waals surface area contributed by atoms with Gasteiger partial charge in [0.15, 0.2) is 0 Å². The van der Waals surface area contributed by atoms with Crippen molar-refractivity contribution < 1.29 is 0 Å². The van der Waals surface area contributed by atoms with Crippen LogP contribution in [0.15, 0.2) is 30.3 Å².